The number of hydrogen-bond acceptors (Lipinski definition) is 4. The van der Waals surface area contributed by atoms with Crippen molar-refractivity contribution < 1.29 is 29.3 Å². The number of hydrogen-bond donors (Lipinski definition) is 2. The molecule has 1 fully saturated rings. The summed E-state index contributed by atoms with van der Waals surface area (Å²) in [6.45, 7) is 8.54. The first kappa shape index (κ1) is 48.5. The van der Waals surface area contributed by atoms with E-state index in [1.807, 2.05) is 0 Å². The first-order valence-electron chi connectivity index (χ1n) is 20.4. The maximum absolute atomic E-state index is 9.64. The van der Waals surface area contributed by atoms with Gasteiger partial charge in [-0.3, -0.25) is 9.59 Å². The van der Waals surface area contributed by atoms with Gasteiger partial charge in [-0.1, -0.05) is 154 Å². The number of unbranched alkanes of at least 4 members (excludes halogenated alkanes) is 24. The second-order valence-electron chi connectivity index (χ2n) is 13.4. The van der Waals surface area contributed by atoms with E-state index in [4.69, 9.17) is 14.9 Å². The van der Waals surface area contributed by atoms with Crippen molar-refractivity contribution in [1.29, 1.82) is 0 Å². The maximum Gasteiger partial charge on any atom is 0.303 e. The minimum absolute atomic E-state index is 0.296. The summed E-state index contributed by atoms with van der Waals surface area (Å²) in [6.07, 6.45) is 47.5. The summed E-state index contributed by atoms with van der Waals surface area (Å²) in [7, 11) is 0. The van der Waals surface area contributed by atoms with Crippen molar-refractivity contribution in [2.75, 3.05) is 26.4 Å². The smallest absolute Gasteiger partial charge is 0.303 e. The molecule has 0 spiro atoms. The van der Waals surface area contributed by atoms with E-state index in [1.165, 1.54) is 180 Å². The van der Waals surface area contributed by atoms with Gasteiger partial charge in [0, 0.05) is 13.2 Å². The van der Waals surface area contributed by atoms with E-state index < -0.39 is 11.9 Å². The van der Waals surface area contributed by atoms with E-state index in [-0.39, 0.29) is 12.8 Å². The summed E-state index contributed by atoms with van der Waals surface area (Å²) < 4.78 is 10.4. The van der Waals surface area contributed by atoms with Crippen molar-refractivity contribution in [3.05, 3.63) is 24.3 Å². The first-order valence-corrected chi connectivity index (χ1v) is 20.4. The molecule has 0 aliphatic carbocycles. The molecule has 0 atom stereocenters. The number of aliphatic carboxylic acids is 2. The molecule has 1 heterocycles. The average molecular weight is 681 g/mol. The standard InChI is InChI=1S/C36H70O.C4H6O4.C2H4O/c1-3-5-7-9-11-13-15-17-19-21-23-25-27-29-31-33-35-37-36-34-32-30-28-26-24-22-20-18-16-14-12-10-8-6-4-2;5-3(6)1-2-4(7)8;1-2-3-1/h17-20H,3-16,21-36H2,1-2H3;1-2H2,(H,5,6)(H,7,8);1-2H2/b19-17-,20-18-;;. The number of epoxide rings is 1. The molecular weight excluding hydrogens is 600 g/mol. The van der Waals surface area contributed by atoms with Crippen LogP contribution in [0.5, 0.6) is 0 Å². The van der Waals surface area contributed by atoms with Crippen LogP contribution in [0.25, 0.3) is 0 Å². The highest BCUT2D eigenvalue weighted by atomic mass is 16.6. The third-order valence-electron chi connectivity index (χ3n) is 8.36. The SMILES string of the molecule is C1CO1.CCCCCCCC/C=C\CCCCCCCCOCCCCCCCC/C=C\CCCCCCCC.O=C(O)CCC(=O)O. The van der Waals surface area contributed by atoms with Crippen molar-refractivity contribution in [3.63, 3.8) is 0 Å². The Labute approximate surface area is 297 Å². The molecule has 1 rings (SSSR count). The Balaban J connectivity index is 0. The van der Waals surface area contributed by atoms with Crippen molar-refractivity contribution in [2.45, 2.75) is 206 Å². The molecule has 48 heavy (non-hydrogen) atoms. The zero-order valence-corrected chi connectivity index (χ0v) is 31.9. The van der Waals surface area contributed by atoms with Gasteiger partial charge in [-0.05, 0) is 64.2 Å². The average Bonchev–Trinajstić information content (AvgIpc) is 3.96. The molecule has 0 amide bonds. The van der Waals surface area contributed by atoms with Gasteiger partial charge in [0.2, 0.25) is 0 Å². The second-order valence-corrected chi connectivity index (χ2v) is 13.4. The number of allylic oxidation sites excluding steroid dienone is 4. The molecule has 0 saturated carbocycles. The predicted molar refractivity (Wildman–Crippen MR) is 205 cm³/mol. The molecule has 0 aromatic rings. The molecular formula is C42H80O6. The van der Waals surface area contributed by atoms with Crippen LogP contribution in [0.3, 0.4) is 0 Å². The molecule has 6 nitrogen and oxygen atoms in total. The van der Waals surface area contributed by atoms with Gasteiger partial charge in [-0.25, -0.2) is 0 Å². The fourth-order valence-electron chi connectivity index (χ4n) is 5.22. The second kappa shape index (κ2) is 45.3. The van der Waals surface area contributed by atoms with E-state index in [0.29, 0.717) is 0 Å². The van der Waals surface area contributed by atoms with E-state index in [9.17, 15) is 9.59 Å². The van der Waals surface area contributed by atoms with E-state index in [2.05, 4.69) is 42.9 Å². The number of carboxylic acids is 2. The third kappa shape index (κ3) is 56.7. The van der Waals surface area contributed by atoms with Crippen LogP contribution in [0.15, 0.2) is 24.3 Å². The van der Waals surface area contributed by atoms with Crippen LogP contribution >= 0.6 is 0 Å². The van der Waals surface area contributed by atoms with Gasteiger partial charge < -0.3 is 19.7 Å². The predicted octanol–water partition coefficient (Wildman–Crippen LogP) is 13.0. The summed E-state index contributed by atoms with van der Waals surface area (Å²) in [5, 5.41) is 15.8. The van der Waals surface area contributed by atoms with Gasteiger partial charge in [0.05, 0.1) is 26.1 Å². The summed E-state index contributed by atoms with van der Waals surface area (Å²) in [5.41, 5.74) is 0. The van der Waals surface area contributed by atoms with E-state index in [0.717, 1.165) is 26.4 Å². The van der Waals surface area contributed by atoms with Crippen molar-refractivity contribution in [2.24, 2.45) is 0 Å². The summed E-state index contributed by atoms with van der Waals surface area (Å²) in [5.74, 6) is -2.15. The fourth-order valence-corrected chi connectivity index (χ4v) is 5.22. The van der Waals surface area contributed by atoms with Crippen molar-refractivity contribution >= 4 is 11.9 Å². The van der Waals surface area contributed by atoms with Gasteiger partial charge in [0.15, 0.2) is 0 Å². The molecule has 0 bridgehead atoms. The quantitative estimate of drug-likeness (QED) is 0.0393. The normalized spacial score (nSPS) is 12.1. The molecule has 1 aliphatic rings. The molecule has 0 radical (unpaired) electrons. The number of ether oxygens (including phenoxy) is 2. The highest BCUT2D eigenvalue weighted by Gasteiger charge is 2.00. The minimum Gasteiger partial charge on any atom is -0.481 e. The van der Waals surface area contributed by atoms with Gasteiger partial charge in [0.1, 0.15) is 0 Å². The molecule has 1 saturated heterocycles. The molecule has 0 unspecified atom stereocenters. The van der Waals surface area contributed by atoms with Crippen LogP contribution in [0.1, 0.15) is 206 Å². The zero-order valence-electron chi connectivity index (χ0n) is 31.9. The van der Waals surface area contributed by atoms with Gasteiger partial charge in [0.25, 0.3) is 0 Å². The molecule has 0 aromatic heterocycles. The Bertz CT molecular complexity index is 631. The lowest BCUT2D eigenvalue weighted by atomic mass is 10.1. The third-order valence-corrected chi connectivity index (χ3v) is 8.36. The Morgan fingerprint density at radius 2 is 0.708 bits per heavy atom. The molecule has 0 aromatic carbocycles. The summed E-state index contributed by atoms with van der Waals surface area (Å²) >= 11 is 0. The van der Waals surface area contributed by atoms with Crippen LogP contribution in [0.4, 0.5) is 0 Å². The van der Waals surface area contributed by atoms with Gasteiger partial charge in [-0.15, -0.1) is 0 Å². The highest BCUT2D eigenvalue weighted by molar-refractivity contribution is 5.75. The lowest BCUT2D eigenvalue weighted by molar-refractivity contribution is -0.143. The number of rotatable bonds is 35. The Hall–Kier alpha value is -1.66. The Kier molecular flexibility index (Phi) is 45.8. The summed E-state index contributed by atoms with van der Waals surface area (Å²) in [4.78, 5) is 19.3. The van der Waals surface area contributed by atoms with Crippen LogP contribution < -0.4 is 0 Å². The van der Waals surface area contributed by atoms with E-state index in [1.54, 1.807) is 0 Å². The van der Waals surface area contributed by atoms with Crippen LogP contribution in [0, 0.1) is 0 Å². The van der Waals surface area contributed by atoms with Crippen LogP contribution in [-0.4, -0.2) is 48.6 Å². The number of carbonyl (C=O) groups is 2. The van der Waals surface area contributed by atoms with Gasteiger partial charge >= 0.3 is 11.9 Å². The first-order chi connectivity index (χ1) is 23.5. The lowest BCUT2D eigenvalue weighted by Crippen LogP contribution is -2.00. The van der Waals surface area contributed by atoms with Crippen LogP contribution in [-0.2, 0) is 19.1 Å². The van der Waals surface area contributed by atoms with Crippen LogP contribution in [0.2, 0.25) is 0 Å². The van der Waals surface area contributed by atoms with E-state index >= 15 is 0 Å². The van der Waals surface area contributed by atoms with Gasteiger partial charge in [-0.2, -0.15) is 0 Å². The maximum atomic E-state index is 9.64. The zero-order chi connectivity index (χ0) is 35.4. The van der Waals surface area contributed by atoms with Crippen molar-refractivity contribution in [1.82, 2.24) is 0 Å². The topological polar surface area (TPSA) is 96.4 Å². The molecule has 284 valence electrons. The fraction of sp³-hybridized carbons (Fsp3) is 0.857. The minimum atomic E-state index is -1.08. The summed E-state index contributed by atoms with van der Waals surface area (Å²) in [6, 6.07) is 0. The lowest BCUT2D eigenvalue weighted by Gasteiger charge is -2.05. The Morgan fingerprint density at radius 1 is 0.458 bits per heavy atom. The molecule has 6 heteroatoms. The largest absolute Gasteiger partial charge is 0.481 e. The Morgan fingerprint density at radius 3 is 0.958 bits per heavy atom. The highest BCUT2D eigenvalue weighted by Crippen LogP contribution is 2.12. The van der Waals surface area contributed by atoms with Crippen molar-refractivity contribution in [3.8, 4) is 0 Å². The number of carboxylic acid groups (broad SMARTS) is 2. The monoisotopic (exact) mass is 681 g/mol. The molecule has 1 aliphatic heterocycles. The molecule has 2 N–H and O–H groups in total.